The van der Waals surface area contributed by atoms with Crippen LogP contribution in [0.4, 0.5) is 5.69 Å². The van der Waals surface area contributed by atoms with Gasteiger partial charge in [0.25, 0.3) is 0 Å². The minimum atomic E-state index is -2.58. The average Bonchev–Trinajstić information content (AvgIpc) is 3.29. The number of benzene rings is 7. The molecule has 314 valence electrons. The van der Waals surface area contributed by atoms with E-state index in [0.29, 0.717) is 5.56 Å². The Morgan fingerprint density at radius 1 is 0.475 bits per heavy atom. The van der Waals surface area contributed by atoms with Gasteiger partial charge in [-0.25, -0.2) is 4.85 Å². The van der Waals surface area contributed by atoms with Crippen molar-refractivity contribution in [1.29, 1.82) is 0 Å². The molecule has 0 bridgehead atoms. The largest absolute Gasteiger partial charge is 0.238 e. The summed E-state index contributed by atoms with van der Waals surface area (Å²) >= 11 is 0. The standard InChI is InChI=1S/C15H16.C13H18.C13H12.C11H16.C8H7N/c1-11-6-4-9-14(10-11)15-12(2)7-5-8-13(15)3;2*1-11-6-5-9-13(10-11)12-7-3-2-4-8-12;1-9-6-5-7-10(8-9)11(2,3)4;1-7-4-3-5-8(6-7)9-2/h4-10H,1-3H3;5-6,9-10,12H,2-4,7-8H2,1H3;2-10H,1H3;5-8H,1-4H3;3-6H,1H3/i;;;2D3,3D3;. The zero-order chi connectivity index (χ0) is 49.2. The fourth-order valence-corrected chi connectivity index (χ4v) is 7.54. The summed E-state index contributed by atoms with van der Waals surface area (Å²) in [4.78, 5) is 3.28. The highest BCUT2D eigenvalue weighted by molar-refractivity contribution is 5.71. The summed E-state index contributed by atoms with van der Waals surface area (Å²) in [6.07, 6.45) is 7.12. The Morgan fingerprint density at radius 2 is 0.951 bits per heavy atom. The molecule has 7 aromatic carbocycles. The van der Waals surface area contributed by atoms with E-state index < -0.39 is 19.1 Å². The molecule has 1 aliphatic rings. The van der Waals surface area contributed by atoms with Crippen LogP contribution < -0.4 is 0 Å². The Kier molecular flexibility index (Phi) is 15.6. The topological polar surface area (TPSA) is 4.36 Å². The van der Waals surface area contributed by atoms with Crippen molar-refractivity contribution in [2.75, 3.05) is 0 Å². The lowest BCUT2D eigenvalue weighted by molar-refractivity contribution is 0.443. The van der Waals surface area contributed by atoms with Crippen molar-refractivity contribution in [3.05, 3.63) is 231 Å². The molecule has 0 aliphatic heterocycles. The van der Waals surface area contributed by atoms with Crippen LogP contribution in [0, 0.1) is 55.0 Å². The van der Waals surface area contributed by atoms with E-state index in [1.807, 2.05) is 44.2 Å². The van der Waals surface area contributed by atoms with Crippen LogP contribution in [0.1, 0.15) is 117 Å². The van der Waals surface area contributed by atoms with Gasteiger partial charge >= 0.3 is 0 Å². The van der Waals surface area contributed by atoms with Crippen LogP contribution in [0.15, 0.2) is 170 Å². The van der Waals surface area contributed by atoms with Crippen LogP contribution in [0.25, 0.3) is 27.1 Å². The van der Waals surface area contributed by atoms with Crippen molar-refractivity contribution in [2.45, 2.75) is 113 Å². The first-order chi connectivity index (χ1) is 31.7. The number of rotatable bonds is 3. The van der Waals surface area contributed by atoms with Gasteiger partial charge in [0.15, 0.2) is 5.69 Å². The zero-order valence-corrected chi connectivity index (χ0v) is 37.7. The van der Waals surface area contributed by atoms with Gasteiger partial charge in [0.2, 0.25) is 0 Å². The fraction of sp³-hybridized carbons (Fsp3) is 0.283. The van der Waals surface area contributed by atoms with Crippen LogP contribution in [0.5, 0.6) is 0 Å². The monoisotopic (exact) mass is 810 g/mol. The number of aryl methyl sites for hydroxylation is 7. The summed E-state index contributed by atoms with van der Waals surface area (Å²) in [5, 5.41) is 0. The van der Waals surface area contributed by atoms with Gasteiger partial charge in [-0.05, 0) is 117 Å². The Morgan fingerprint density at radius 3 is 1.48 bits per heavy atom. The minimum absolute atomic E-state index is 0.331. The van der Waals surface area contributed by atoms with Crippen molar-refractivity contribution in [3.63, 3.8) is 0 Å². The van der Waals surface area contributed by atoms with Crippen LogP contribution in [0.3, 0.4) is 0 Å². The summed E-state index contributed by atoms with van der Waals surface area (Å²) in [6.45, 7) is 17.4. The SMILES string of the molecule is Cc1cccc(-c2c(C)cccc2C)c1.Cc1cccc(-c2ccccc2)c1.Cc1cccc(C2CCCCC2)c1.[2H]C([2H])([2H])C(C)(c1cccc(C)c1)C([2H])([2H])[2H].[C-]#[N+]c1cccc(C)c1. The summed E-state index contributed by atoms with van der Waals surface area (Å²) in [7, 11) is 0. The van der Waals surface area contributed by atoms with Gasteiger partial charge in [0.05, 0.1) is 6.57 Å². The van der Waals surface area contributed by atoms with Crippen molar-refractivity contribution >= 4 is 5.69 Å². The normalized spacial score (nSPS) is 13.9. The lowest BCUT2D eigenvalue weighted by Gasteiger charge is -2.22. The Bertz CT molecular complexity index is 2610. The zero-order valence-electron chi connectivity index (χ0n) is 43.7. The summed E-state index contributed by atoms with van der Waals surface area (Å²) in [6, 6.07) is 57.4. The molecule has 1 heteroatoms. The third-order valence-corrected chi connectivity index (χ3v) is 10.8. The molecule has 0 amide bonds. The van der Waals surface area contributed by atoms with Gasteiger partial charge in [0.1, 0.15) is 0 Å². The number of hydrogen-bond acceptors (Lipinski definition) is 0. The number of nitrogens with zero attached hydrogens (tertiary/aromatic N) is 1. The number of hydrogen-bond donors (Lipinski definition) is 0. The quantitative estimate of drug-likeness (QED) is 0.157. The van der Waals surface area contributed by atoms with Crippen molar-refractivity contribution in [1.82, 2.24) is 0 Å². The van der Waals surface area contributed by atoms with E-state index in [1.54, 1.807) is 29.8 Å². The summed E-state index contributed by atoms with van der Waals surface area (Å²) < 4.78 is 45.1. The van der Waals surface area contributed by atoms with Gasteiger partial charge in [-0.2, -0.15) is 0 Å². The van der Waals surface area contributed by atoms with Crippen molar-refractivity contribution < 1.29 is 8.22 Å². The molecule has 1 nitrogen and oxygen atoms in total. The van der Waals surface area contributed by atoms with Crippen LogP contribution >= 0.6 is 0 Å². The average molecular weight is 810 g/mol. The summed E-state index contributed by atoms with van der Waals surface area (Å²) in [5.74, 6) is 0.855. The van der Waals surface area contributed by atoms with E-state index in [0.717, 1.165) is 22.7 Å². The molecule has 0 N–H and O–H groups in total. The van der Waals surface area contributed by atoms with Gasteiger partial charge in [-0.15, -0.1) is 0 Å². The molecule has 1 saturated carbocycles. The molecule has 0 radical (unpaired) electrons. The molecule has 0 spiro atoms. The molecule has 0 atom stereocenters. The van der Waals surface area contributed by atoms with E-state index in [1.165, 1.54) is 89.1 Å². The van der Waals surface area contributed by atoms with Gasteiger partial charge in [-0.3, -0.25) is 0 Å². The first-order valence-electron chi connectivity index (χ1n) is 24.6. The molecular formula is C60H69N. The predicted octanol–water partition coefficient (Wildman–Crippen LogP) is 17.8. The van der Waals surface area contributed by atoms with Crippen LogP contribution in [-0.2, 0) is 5.41 Å². The maximum Gasteiger partial charge on any atom is 0.187 e. The van der Waals surface area contributed by atoms with Gasteiger partial charge in [0, 0.05) is 8.22 Å². The van der Waals surface area contributed by atoms with Crippen LogP contribution in [-0.4, -0.2) is 0 Å². The second-order valence-corrected chi connectivity index (χ2v) is 16.6. The molecule has 1 aliphatic carbocycles. The molecule has 8 rings (SSSR count). The fourth-order valence-electron chi connectivity index (χ4n) is 7.54. The highest BCUT2D eigenvalue weighted by Crippen LogP contribution is 2.33. The molecule has 1 fully saturated rings. The first-order valence-corrected chi connectivity index (χ1v) is 21.6. The molecule has 0 aromatic heterocycles. The first kappa shape index (κ1) is 39.2. The molecule has 61 heavy (non-hydrogen) atoms. The van der Waals surface area contributed by atoms with Crippen molar-refractivity contribution in [2.24, 2.45) is 0 Å². The second kappa shape index (κ2) is 24.3. The van der Waals surface area contributed by atoms with Crippen molar-refractivity contribution in [3.8, 4) is 22.3 Å². The van der Waals surface area contributed by atoms with E-state index in [-0.39, 0.29) is 0 Å². The minimum Gasteiger partial charge on any atom is -0.238 e. The molecule has 0 unspecified atom stereocenters. The van der Waals surface area contributed by atoms with E-state index >= 15 is 0 Å². The Hall–Kier alpha value is -5.97. The summed E-state index contributed by atoms with van der Waals surface area (Å²) in [5.41, 5.74) is 14.8. The third-order valence-electron chi connectivity index (χ3n) is 10.8. The highest BCUT2D eigenvalue weighted by Gasteiger charge is 2.15. The predicted molar refractivity (Wildman–Crippen MR) is 267 cm³/mol. The molecule has 7 aromatic rings. The Balaban J connectivity index is 0.000000185. The van der Waals surface area contributed by atoms with E-state index in [4.69, 9.17) is 14.8 Å². The lowest BCUT2D eigenvalue weighted by Crippen LogP contribution is -2.10. The second-order valence-electron chi connectivity index (χ2n) is 16.6. The third kappa shape index (κ3) is 16.5. The van der Waals surface area contributed by atoms with E-state index in [9.17, 15) is 0 Å². The van der Waals surface area contributed by atoms with Crippen LogP contribution in [0.2, 0.25) is 0 Å². The molecule has 0 heterocycles. The smallest absolute Gasteiger partial charge is 0.187 e. The van der Waals surface area contributed by atoms with Gasteiger partial charge < -0.3 is 0 Å². The maximum atomic E-state index is 7.52. The van der Waals surface area contributed by atoms with Gasteiger partial charge in [-0.1, -0.05) is 238 Å². The molecule has 0 saturated heterocycles. The molecular weight excluding hydrogens is 735 g/mol. The lowest BCUT2D eigenvalue weighted by atomic mass is 9.84. The Labute approximate surface area is 378 Å². The maximum absolute atomic E-state index is 7.52. The highest BCUT2D eigenvalue weighted by atomic mass is 14.6. The van der Waals surface area contributed by atoms with E-state index in [2.05, 4.69) is 155 Å².